The third-order valence-corrected chi connectivity index (χ3v) is 7.59. The Labute approximate surface area is 185 Å². The lowest BCUT2D eigenvalue weighted by atomic mass is 10.2. The van der Waals surface area contributed by atoms with Gasteiger partial charge in [-0.05, 0) is 24.3 Å². The van der Waals surface area contributed by atoms with Gasteiger partial charge in [0.2, 0.25) is 10.0 Å². The number of fused-ring (bicyclic) bond motifs is 3. The molecular weight excluding hydrogens is 432 g/mol. The Balaban J connectivity index is 1.42. The van der Waals surface area contributed by atoms with Gasteiger partial charge in [0.1, 0.15) is 33.8 Å². The molecule has 4 aromatic rings. The molecule has 1 saturated heterocycles. The van der Waals surface area contributed by atoms with Gasteiger partial charge in [0.15, 0.2) is 11.4 Å². The smallest absolute Gasteiger partial charge is 0.247 e. The fourth-order valence-electron chi connectivity index (χ4n) is 4.00. The molecule has 0 atom stereocenters. The molecule has 1 fully saturated rings. The van der Waals surface area contributed by atoms with Crippen molar-refractivity contribution in [2.45, 2.75) is 4.90 Å². The van der Waals surface area contributed by atoms with E-state index in [9.17, 15) is 8.42 Å². The number of benzene rings is 2. The molecule has 0 aliphatic carbocycles. The van der Waals surface area contributed by atoms with Crippen molar-refractivity contribution >= 4 is 37.9 Å². The summed E-state index contributed by atoms with van der Waals surface area (Å²) < 4.78 is 44.6. The first-order chi connectivity index (χ1) is 15.5. The van der Waals surface area contributed by atoms with Crippen LogP contribution in [-0.4, -0.2) is 63.1 Å². The van der Waals surface area contributed by atoms with Crippen LogP contribution in [0.4, 0.5) is 5.82 Å². The number of nitrogens with zero attached hydrogens (tertiary/aromatic N) is 4. The van der Waals surface area contributed by atoms with Gasteiger partial charge < -0.3 is 18.8 Å². The molecule has 0 bridgehead atoms. The standard InChI is InChI=1S/C22H22N4O5S/c1-29-15-7-8-18(30-2)19(13-15)32(27,28)26-11-9-25(10-12-26)22-21-20(23-14-24-22)16-5-3-4-6-17(16)31-21/h3-8,13-14H,9-12H2,1-2H3. The van der Waals surface area contributed by atoms with E-state index in [-0.39, 0.29) is 10.6 Å². The number of aromatic nitrogens is 2. The molecule has 9 nitrogen and oxygen atoms in total. The van der Waals surface area contributed by atoms with E-state index in [4.69, 9.17) is 13.9 Å². The second-order valence-electron chi connectivity index (χ2n) is 7.38. The number of hydrogen-bond donors (Lipinski definition) is 0. The van der Waals surface area contributed by atoms with Crippen LogP contribution in [0.5, 0.6) is 11.5 Å². The highest BCUT2D eigenvalue weighted by molar-refractivity contribution is 7.89. The zero-order valence-corrected chi connectivity index (χ0v) is 18.5. The number of rotatable bonds is 5. The molecule has 2 aromatic carbocycles. The van der Waals surface area contributed by atoms with Gasteiger partial charge in [0.05, 0.1) is 14.2 Å². The van der Waals surface area contributed by atoms with Gasteiger partial charge in [-0.25, -0.2) is 18.4 Å². The monoisotopic (exact) mass is 454 g/mol. The second-order valence-corrected chi connectivity index (χ2v) is 9.29. The zero-order chi connectivity index (χ0) is 22.3. The molecule has 32 heavy (non-hydrogen) atoms. The molecule has 166 valence electrons. The third-order valence-electron chi connectivity index (χ3n) is 5.67. The lowest BCUT2D eigenvalue weighted by Crippen LogP contribution is -2.49. The summed E-state index contributed by atoms with van der Waals surface area (Å²) in [6, 6.07) is 12.5. The van der Waals surface area contributed by atoms with E-state index < -0.39 is 10.0 Å². The molecule has 10 heteroatoms. The Kier molecular flexibility index (Phi) is 5.10. The Hall–Kier alpha value is -3.37. The number of methoxy groups -OCH3 is 2. The predicted molar refractivity (Wildman–Crippen MR) is 120 cm³/mol. The van der Waals surface area contributed by atoms with Gasteiger partial charge >= 0.3 is 0 Å². The number of ether oxygens (including phenoxy) is 2. The molecular formula is C22H22N4O5S. The van der Waals surface area contributed by atoms with Gasteiger partial charge in [-0.3, -0.25) is 0 Å². The van der Waals surface area contributed by atoms with Gasteiger partial charge in [0, 0.05) is 37.6 Å². The third kappa shape index (κ3) is 3.32. The summed E-state index contributed by atoms with van der Waals surface area (Å²) in [5.74, 6) is 1.41. The molecule has 2 aromatic heterocycles. The van der Waals surface area contributed by atoms with Crippen LogP contribution in [0.1, 0.15) is 0 Å². The van der Waals surface area contributed by atoms with Crippen LogP contribution in [0.25, 0.3) is 22.1 Å². The largest absolute Gasteiger partial charge is 0.497 e. The van der Waals surface area contributed by atoms with Crippen molar-refractivity contribution in [3.63, 3.8) is 0 Å². The first-order valence-corrected chi connectivity index (χ1v) is 11.6. The van der Waals surface area contributed by atoms with Crippen molar-refractivity contribution < 1.29 is 22.3 Å². The Morgan fingerprint density at radius 1 is 0.969 bits per heavy atom. The molecule has 3 heterocycles. The maximum absolute atomic E-state index is 13.3. The SMILES string of the molecule is COc1ccc(OC)c(S(=O)(=O)N2CCN(c3ncnc4c3oc3ccccc34)CC2)c1. The van der Waals surface area contributed by atoms with E-state index >= 15 is 0 Å². The molecule has 0 spiro atoms. The van der Waals surface area contributed by atoms with Gasteiger partial charge in [-0.2, -0.15) is 4.31 Å². The van der Waals surface area contributed by atoms with Crippen molar-refractivity contribution in [2.75, 3.05) is 45.3 Å². The van der Waals surface area contributed by atoms with Crippen molar-refractivity contribution in [3.8, 4) is 11.5 Å². The summed E-state index contributed by atoms with van der Waals surface area (Å²) in [5, 5.41) is 0.928. The molecule has 0 amide bonds. The first-order valence-electron chi connectivity index (χ1n) is 10.1. The minimum atomic E-state index is -3.76. The molecule has 0 radical (unpaired) electrons. The predicted octanol–water partition coefficient (Wildman–Crippen LogP) is 2.90. The number of hydrogen-bond acceptors (Lipinski definition) is 8. The van der Waals surface area contributed by atoms with Crippen LogP contribution in [0.2, 0.25) is 0 Å². The zero-order valence-electron chi connectivity index (χ0n) is 17.7. The molecule has 0 unspecified atom stereocenters. The summed E-state index contributed by atoms with van der Waals surface area (Å²) in [5.41, 5.74) is 2.11. The summed E-state index contributed by atoms with van der Waals surface area (Å²) in [4.78, 5) is 10.9. The van der Waals surface area contributed by atoms with Gasteiger partial charge in [0.25, 0.3) is 0 Å². The Morgan fingerprint density at radius 3 is 2.50 bits per heavy atom. The van der Waals surface area contributed by atoms with E-state index in [0.29, 0.717) is 43.3 Å². The summed E-state index contributed by atoms with van der Waals surface area (Å²) in [6.07, 6.45) is 1.52. The van der Waals surface area contributed by atoms with E-state index in [1.165, 1.54) is 30.9 Å². The summed E-state index contributed by atoms with van der Waals surface area (Å²) in [6.45, 7) is 1.53. The molecule has 0 saturated carbocycles. The van der Waals surface area contributed by atoms with E-state index in [0.717, 1.165) is 16.5 Å². The number of furan rings is 1. The first kappa shape index (κ1) is 20.5. The molecule has 1 aliphatic heterocycles. The van der Waals surface area contributed by atoms with Crippen LogP contribution in [0.15, 0.2) is 58.1 Å². The number of piperazine rings is 1. The maximum Gasteiger partial charge on any atom is 0.247 e. The fraction of sp³-hybridized carbons (Fsp3) is 0.273. The Morgan fingerprint density at radius 2 is 1.75 bits per heavy atom. The minimum Gasteiger partial charge on any atom is -0.497 e. The van der Waals surface area contributed by atoms with E-state index in [2.05, 4.69) is 9.97 Å². The number of para-hydroxylation sites is 1. The molecule has 1 aliphatic rings. The van der Waals surface area contributed by atoms with Crippen LogP contribution < -0.4 is 14.4 Å². The van der Waals surface area contributed by atoms with Gasteiger partial charge in [-0.1, -0.05) is 12.1 Å². The number of anilines is 1. The van der Waals surface area contributed by atoms with Crippen LogP contribution in [0.3, 0.4) is 0 Å². The van der Waals surface area contributed by atoms with E-state index in [1.807, 2.05) is 29.2 Å². The average Bonchev–Trinajstić information content (AvgIpc) is 3.22. The average molecular weight is 455 g/mol. The maximum atomic E-state index is 13.3. The normalized spacial score (nSPS) is 15.4. The minimum absolute atomic E-state index is 0.0921. The van der Waals surface area contributed by atoms with Crippen molar-refractivity contribution in [2.24, 2.45) is 0 Å². The topological polar surface area (TPSA) is 98.0 Å². The van der Waals surface area contributed by atoms with Crippen LogP contribution in [-0.2, 0) is 10.0 Å². The van der Waals surface area contributed by atoms with Gasteiger partial charge in [-0.15, -0.1) is 0 Å². The highest BCUT2D eigenvalue weighted by Gasteiger charge is 2.32. The fourth-order valence-corrected chi connectivity index (χ4v) is 5.59. The van der Waals surface area contributed by atoms with Crippen LogP contribution in [0, 0.1) is 0 Å². The highest BCUT2D eigenvalue weighted by Crippen LogP contribution is 2.34. The Bertz CT molecular complexity index is 1390. The van der Waals surface area contributed by atoms with Crippen LogP contribution >= 0.6 is 0 Å². The number of sulfonamides is 1. The lowest BCUT2D eigenvalue weighted by molar-refractivity contribution is 0.370. The molecule has 0 N–H and O–H groups in total. The van der Waals surface area contributed by atoms with Crippen molar-refractivity contribution in [1.29, 1.82) is 0 Å². The summed E-state index contributed by atoms with van der Waals surface area (Å²) in [7, 11) is -0.812. The molecule has 5 rings (SSSR count). The highest BCUT2D eigenvalue weighted by atomic mass is 32.2. The summed E-state index contributed by atoms with van der Waals surface area (Å²) >= 11 is 0. The van der Waals surface area contributed by atoms with E-state index in [1.54, 1.807) is 12.1 Å². The van der Waals surface area contributed by atoms with Crippen molar-refractivity contribution in [1.82, 2.24) is 14.3 Å². The quantitative estimate of drug-likeness (QED) is 0.454. The lowest BCUT2D eigenvalue weighted by Gasteiger charge is -2.34. The van der Waals surface area contributed by atoms with Crippen molar-refractivity contribution in [3.05, 3.63) is 48.8 Å². The second kappa shape index (κ2) is 7.95.